The number of rotatable bonds is 3. The minimum absolute atomic E-state index is 0.309. The fourth-order valence-electron chi connectivity index (χ4n) is 2.69. The van der Waals surface area contributed by atoms with Crippen molar-refractivity contribution in [3.63, 3.8) is 0 Å². The zero-order valence-electron chi connectivity index (χ0n) is 11.2. The fourth-order valence-corrected chi connectivity index (χ4v) is 2.69. The number of aromatic nitrogens is 1. The van der Waals surface area contributed by atoms with Crippen molar-refractivity contribution in [2.45, 2.75) is 33.2 Å². The Morgan fingerprint density at radius 1 is 1.44 bits per heavy atom. The molecule has 0 radical (unpaired) electrons. The molecule has 2 N–H and O–H groups in total. The Morgan fingerprint density at radius 3 is 2.67 bits per heavy atom. The predicted molar refractivity (Wildman–Crippen MR) is 71.9 cm³/mol. The van der Waals surface area contributed by atoms with E-state index in [1.807, 2.05) is 0 Å². The Kier molecular flexibility index (Phi) is 4.17. The molecule has 4 heteroatoms. The summed E-state index contributed by atoms with van der Waals surface area (Å²) in [4.78, 5) is 6.45. The van der Waals surface area contributed by atoms with E-state index in [1.54, 1.807) is 0 Å². The maximum Gasteiger partial charge on any atom is 0.141 e. The number of piperidine rings is 1. The van der Waals surface area contributed by atoms with Crippen LogP contribution in [0.5, 0.6) is 0 Å². The first kappa shape index (κ1) is 13.3. The number of halogens is 1. The third-order valence-electron chi connectivity index (χ3n) is 3.91. The lowest BCUT2D eigenvalue weighted by molar-refractivity contribution is 0.310. The van der Waals surface area contributed by atoms with E-state index in [2.05, 4.69) is 23.7 Å². The smallest absolute Gasteiger partial charge is 0.141 e. The van der Waals surface area contributed by atoms with E-state index in [4.69, 9.17) is 5.73 Å². The second-order valence-corrected chi connectivity index (χ2v) is 5.41. The van der Waals surface area contributed by atoms with Gasteiger partial charge in [-0.05, 0) is 30.7 Å². The number of nitrogens with two attached hydrogens (primary N) is 1. The molecule has 1 aliphatic rings. The van der Waals surface area contributed by atoms with Gasteiger partial charge in [-0.3, -0.25) is 0 Å². The van der Waals surface area contributed by atoms with Crippen molar-refractivity contribution in [3.8, 4) is 0 Å². The van der Waals surface area contributed by atoms with Crippen LogP contribution in [0.2, 0.25) is 0 Å². The highest BCUT2D eigenvalue weighted by molar-refractivity contribution is 5.47. The molecule has 0 spiro atoms. The standard InChI is InChI=1S/C14H22FN3/c1-10(2)11-3-5-18(6-4-11)14-12(8-16)7-13(15)9-17-14/h7,9-11H,3-6,8,16H2,1-2H3. The van der Waals surface area contributed by atoms with Crippen LogP contribution in [0.1, 0.15) is 32.3 Å². The predicted octanol–water partition coefficient (Wildman–Crippen LogP) is 2.55. The molecule has 3 nitrogen and oxygen atoms in total. The number of pyridine rings is 1. The van der Waals surface area contributed by atoms with Gasteiger partial charge in [0.25, 0.3) is 0 Å². The molecule has 0 aromatic carbocycles. The molecule has 1 aromatic rings. The van der Waals surface area contributed by atoms with E-state index in [0.29, 0.717) is 6.54 Å². The van der Waals surface area contributed by atoms with Crippen molar-refractivity contribution in [1.82, 2.24) is 4.98 Å². The van der Waals surface area contributed by atoms with Crippen LogP contribution in [0.15, 0.2) is 12.3 Å². The first-order valence-corrected chi connectivity index (χ1v) is 6.71. The Balaban J connectivity index is 2.09. The molecule has 1 aromatic heterocycles. The SMILES string of the molecule is CC(C)C1CCN(c2ncc(F)cc2CN)CC1. The summed E-state index contributed by atoms with van der Waals surface area (Å²) >= 11 is 0. The molecule has 2 heterocycles. The van der Waals surface area contributed by atoms with E-state index < -0.39 is 0 Å². The third-order valence-corrected chi connectivity index (χ3v) is 3.91. The van der Waals surface area contributed by atoms with E-state index in [1.165, 1.54) is 25.1 Å². The Hall–Kier alpha value is -1.16. The molecule has 0 unspecified atom stereocenters. The average molecular weight is 251 g/mol. The summed E-state index contributed by atoms with van der Waals surface area (Å²) in [5, 5.41) is 0. The maximum atomic E-state index is 13.1. The van der Waals surface area contributed by atoms with Gasteiger partial charge in [-0.2, -0.15) is 0 Å². The highest BCUT2D eigenvalue weighted by atomic mass is 19.1. The van der Waals surface area contributed by atoms with Crippen LogP contribution in [-0.2, 0) is 6.54 Å². The summed E-state index contributed by atoms with van der Waals surface area (Å²) in [5.74, 6) is 2.09. The van der Waals surface area contributed by atoms with Crippen LogP contribution in [0, 0.1) is 17.7 Å². The molecule has 0 bridgehead atoms. The monoisotopic (exact) mass is 251 g/mol. The van der Waals surface area contributed by atoms with Gasteiger partial charge < -0.3 is 10.6 Å². The van der Waals surface area contributed by atoms with Gasteiger partial charge in [0.05, 0.1) is 6.20 Å². The molecule has 0 saturated carbocycles. The second-order valence-electron chi connectivity index (χ2n) is 5.41. The van der Waals surface area contributed by atoms with Crippen molar-refractivity contribution >= 4 is 5.82 Å². The van der Waals surface area contributed by atoms with Crippen LogP contribution in [0.25, 0.3) is 0 Å². The minimum Gasteiger partial charge on any atom is -0.356 e. The molecular weight excluding hydrogens is 229 g/mol. The van der Waals surface area contributed by atoms with Gasteiger partial charge in [-0.1, -0.05) is 13.8 Å². The van der Waals surface area contributed by atoms with Crippen LogP contribution in [0.4, 0.5) is 10.2 Å². The molecule has 1 fully saturated rings. The number of hydrogen-bond acceptors (Lipinski definition) is 3. The summed E-state index contributed by atoms with van der Waals surface area (Å²) in [6, 6.07) is 1.50. The summed E-state index contributed by atoms with van der Waals surface area (Å²) in [6.07, 6.45) is 3.64. The summed E-state index contributed by atoms with van der Waals surface area (Å²) < 4.78 is 13.1. The zero-order chi connectivity index (χ0) is 13.1. The van der Waals surface area contributed by atoms with Crippen LogP contribution >= 0.6 is 0 Å². The van der Waals surface area contributed by atoms with Crippen LogP contribution in [-0.4, -0.2) is 18.1 Å². The molecule has 18 heavy (non-hydrogen) atoms. The van der Waals surface area contributed by atoms with E-state index >= 15 is 0 Å². The summed E-state index contributed by atoms with van der Waals surface area (Å²) in [5.41, 5.74) is 6.47. The van der Waals surface area contributed by atoms with Crippen molar-refractivity contribution < 1.29 is 4.39 Å². The lowest BCUT2D eigenvalue weighted by Gasteiger charge is -2.35. The lowest BCUT2D eigenvalue weighted by atomic mass is 9.86. The summed E-state index contributed by atoms with van der Waals surface area (Å²) in [6.45, 7) is 6.89. The van der Waals surface area contributed by atoms with Crippen molar-refractivity contribution in [2.24, 2.45) is 17.6 Å². The van der Waals surface area contributed by atoms with E-state index in [-0.39, 0.29) is 5.82 Å². The van der Waals surface area contributed by atoms with Gasteiger partial charge in [-0.25, -0.2) is 9.37 Å². The highest BCUT2D eigenvalue weighted by Crippen LogP contribution is 2.28. The van der Waals surface area contributed by atoms with Gasteiger partial charge in [0.15, 0.2) is 0 Å². The van der Waals surface area contributed by atoms with E-state index in [0.717, 1.165) is 36.3 Å². The van der Waals surface area contributed by atoms with Crippen molar-refractivity contribution in [2.75, 3.05) is 18.0 Å². The number of nitrogens with zero attached hydrogens (tertiary/aromatic N) is 2. The third kappa shape index (κ3) is 2.80. The zero-order valence-corrected chi connectivity index (χ0v) is 11.2. The summed E-state index contributed by atoms with van der Waals surface area (Å²) in [7, 11) is 0. The first-order chi connectivity index (χ1) is 8.61. The Morgan fingerprint density at radius 2 is 2.11 bits per heavy atom. The van der Waals surface area contributed by atoms with Crippen molar-refractivity contribution in [1.29, 1.82) is 0 Å². The lowest BCUT2D eigenvalue weighted by Crippen LogP contribution is -2.36. The number of hydrogen-bond donors (Lipinski definition) is 1. The van der Waals surface area contributed by atoms with Gasteiger partial charge in [0, 0.05) is 25.2 Å². The van der Waals surface area contributed by atoms with Crippen LogP contribution in [0.3, 0.4) is 0 Å². The molecule has 1 saturated heterocycles. The molecule has 0 aliphatic carbocycles. The van der Waals surface area contributed by atoms with Crippen LogP contribution < -0.4 is 10.6 Å². The minimum atomic E-state index is -0.309. The fraction of sp³-hybridized carbons (Fsp3) is 0.643. The maximum absolute atomic E-state index is 13.1. The van der Waals surface area contributed by atoms with E-state index in [9.17, 15) is 4.39 Å². The normalized spacial score (nSPS) is 17.5. The molecule has 1 aliphatic heterocycles. The largest absolute Gasteiger partial charge is 0.356 e. The number of anilines is 1. The van der Waals surface area contributed by atoms with Gasteiger partial charge in [0.2, 0.25) is 0 Å². The van der Waals surface area contributed by atoms with Gasteiger partial charge in [-0.15, -0.1) is 0 Å². The average Bonchev–Trinajstić information content (AvgIpc) is 2.38. The highest BCUT2D eigenvalue weighted by Gasteiger charge is 2.23. The Labute approximate surface area is 108 Å². The topological polar surface area (TPSA) is 42.2 Å². The van der Waals surface area contributed by atoms with Gasteiger partial charge in [0.1, 0.15) is 11.6 Å². The molecule has 0 atom stereocenters. The molecular formula is C14H22FN3. The first-order valence-electron chi connectivity index (χ1n) is 6.71. The molecule has 2 rings (SSSR count). The quantitative estimate of drug-likeness (QED) is 0.897. The second kappa shape index (κ2) is 5.65. The van der Waals surface area contributed by atoms with Gasteiger partial charge >= 0.3 is 0 Å². The Bertz CT molecular complexity index is 398. The van der Waals surface area contributed by atoms with Crippen molar-refractivity contribution in [3.05, 3.63) is 23.6 Å². The molecule has 100 valence electrons. The molecule has 0 amide bonds.